The van der Waals surface area contributed by atoms with Gasteiger partial charge < -0.3 is 25.0 Å². The van der Waals surface area contributed by atoms with Gasteiger partial charge in [0, 0.05) is 40.8 Å². The Morgan fingerprint density at radius 2 is 1.90 bits per heavy atom. The highest BCUT2D eigenvalue weighted by atomic mass is 32.2. The monoisotopic (exact) mass is 860 g/mol. The Morgan fingerprint density at radius 3 is 2.63 bits per heavy atom. The number of anilines is 1. The van der Waals surface area contributed by atoms with Crippen LogP contribution in [0.1, 0.15) is 82.9 Å². The van der Waals surface area contributed by atoms with Gasteiger partial charge in [0.05, 0.1) is 36.2 Å². The lowest BCUT2D eigenvalue weighted by molar-refractivity contribution is -0.140. The third kappa shape index (κ3) is 8.72. The number of ether oxygens (including phenoxy) is 2. The molecule has 3 fully saturated rings. The molecule has 320 valence electrons. The standard InChI is InChI=1S/C44H53FN6O7S2/c1-25(2)35-24-59-41(48-35)34-21-38(32-17-18-37(57-4)26(3)39(32)47-34)58-30-20-36-40(52)49-44(43(54)50-60(55,56)31-15-16-31)22-27(44)11-8-6-5-7-9-14-33(42(53)51(36)23-30)46-29-13-10-12-28(45)19-29/h8,10-13,17-19,21,25,27,30-31,33,35-36,46H,5-7,9,14-16,20,22-24H2,1-4H3,(H,49,52)(H,50,54)/b11-8-/t27-,30-,33+,35?,36+,44-/m1/s1. The smallest absolute Gasteiger partial charge is 0.259 e. The van der Waals surface area contributed by atoms with E-state index in [1.165, 1.54) is 17.0 Å². The summed E-state index contributed by atoms with van der Waals surface area (Å²) >= 11 is 1.65. The number of pyridine rings is 1. The van der Waals surface area contributed by atoms with Crippen LogP contribution < -0.4 is 24.8 Å². The van der Waals surface area contributed by atoms with E-state index in [0.29, 0.717) is 66.4 Å². The fraction of sp³-hybridized carbons (Fsp3) is 0.523. The van der Waals surface area contributed by atoms with Crippen molar-refractivity contribution in [3.8, 4) is 11.5 Å². The number of aryl methyl sites for hydroxylation is 1. The van der Waals surface area contributed by atoms with Crippen LogP contribution in [-0.2, 0) is 24.4 Å². The van der Waals surface area contributed by atoms with Crippen LogP contribution in [0.5, 0.6) is 11.5 Å². The van der Waals surface area contributed by atoms with Gasteiger partial charge in [-0.1, -0.05) is 44.9 Å². The highest BCUT2D eigenvalue weighted by Gasteiger charge is 2.62. The maximum Gasteiger partial charge on any atom is 0.259 e. The minimum atomic E-state index is -3.90. The zero-order valence-electron chi connectivity index (χ0n) is 34.4. The van der Waals surface area contributed by atoms with E-state index in [9.17, 15) is 27.2 Å². The molecule has 0 spiro atoms. The van der Waals surface area contributed by atoms with Gasteiger partial charge >= 0.3 is 0 Å². The fourth-order valence-corrected chi connectivity index (χ4v) is 11.1. The number of halogens is 1. The van der Waals surface area contributed by atoms with Crippen LogP contribution in [0, 0.1) is 24.6 Å². The number of fused-ring (bicyclic) bond motifs is 3. The summed E-state index contributed by atoms with van der Waals surface area (Å²) in [5.74, 6) is -0.215. The van der Waals surface area contributed by atoms with Crippen LogP contribution in [0.4, 0.5) is 10.1 Å². The van der Waals surface area contributed by atoms with Gasteiger partial charge in [-0.15, -0.1) is 11.8 Å². The number of amides is 3. The highest BCUT2D eigenvalue weighted by Crippen LogP contribution is 2.46. The second-order valence-electron chi connectivity index (χ2n) is 17.1. The van der Waals surface area contributed by atoms with Crippen LogP contribution >= 0.6 is 11.8 Å². The number of rotatable bonds is 10. The fourth-order valence-electron chi connectivity index (χ4n) is 8.48. The number of thioether (sulfide) groups is 1. The molecule has 1 unspecified atom stereocenters. The van der Waals surface area contributed by atoms with E-state index in [-0.39, 0.29) is 31.3 Å². The van der Waals surface area contributed by atoms with Crippen molar-refractivity contribution in [2.75, 3.05) is 24.7 Å². The number of hydrogen-bond acceptors (Lipinski definition) is 11. The van der Waals surface area contributed by atoms with Crippen molar-refractivity contribution >= 4 is 61.1 Å². The molecule has 60 heavy (non-hydrogen) atoms. The topological polar surface area (TPSA) is 168 Å². The minimum Gasteiger partial charge on any atom is -0.496 e. The number of allylic oxidation sites excluding steroid dienone is 1. The molecular weight excluding hydrogens is 808 g/mol. The maximum absolute atomic E-state index is 14.8. The molecule has 2 saturated carbocycles. The van der Waals surface area contributed by atoms with Crippen LogP contribution in [0.3, 0.4) is 0 Å². The van der Waals surface area contributed by atoms with E-state index in [1.807, 2.05) is 37.3 Å². The van der Waals surface area contributed by atoms with Crippen molar-refractivity contribution in [2.24, 2.45) is 16.8 Å². The SMILES string of the molecule is COc1ccc2c(O[C@@H]3C[C@H]4C(=O)N[C@]5(C(=O)NS(=O)(=O)C6CC6)C[C@H]5/C=C\CCCCC[C@H](Nc5cccc(F)c5)C(=O)N4C3)cc(C3=NC(C(C)C)CS3)nc2c1C. The molecule has 1 saturated heterocycles. The molecule has 3 aliphatic heterocycles. The van der Waals surface area contributed by atoms with Gasteiger partial charge in [-0.05, 0) is 81.7 Å². The molecule has 2 aliphatic carbocycles. The lowest BCUT2D eigenvalue weighted by atomic mass is 10.0. The number of aromatic nitrogens is 1. The lowest BCUT2D eigenvalue weighted by Crippen LogP contribution is -2.57. The van der Waals surface area contributed by atoms with Crippen molar-refractivity contribution in [2.45, 2.75) is 114 Å². The number of nitrogens with zero attached hydrogens (tertiary/aromatic N) is 3. The molecule has 16 heteroatoms. The van der Waals surface area contributed by atoms with Crippen molar-refractivity contribution in [3.05, 3.63) is 71.7 Å². The number of benzene rings is 2. The van der Waals surface area contributed by atoms with Crippen molar-refractivity contribution in [3.63, 3.8) is 0 Å². The van der Waals surface area contributed by atoms with Gasteiger partial charge in [-0.2, -0.15) is 0 Å². The summed E-state index contributed by atoms with van der Waals surface area (Å²) in [7, 11) is -2.29. The molecule has 3 amide bonds. The maximum atomic E-state index is 14.8. The highest BCUT2D eigenvalue weighted by molar-refractivity contribution is 8.14. The van der Waals surface area contributed by atoms with Crippen molar-refractivity contribution in [1.82, 2.24) is 19.9 Å². The summed E-state index contributed by atoms with van der Waals surface area (Å²) in [5, 5.41) is 7.11. The summed E-state index contributed by atoms with van der Waals surface area (Å²) in [5.41, 5.74) is 1.10. The molecule has 1 aromatic heterocycles. The molecule has 3 N–H and O–H groups in total. The number of nitrogens with one attached hydrogen (secondary N) is 3. The Morgan fingerprint density at radius 1 is 1.08 bits per heavy atom. The van der Waals surface area contributed by atoms with Crippen LogP contribution in [-0.4, -0.2) is 95.5 Å². The number of carbonyl (C=O) groups excluding carboxylic acids is 3. The van der Waals surface area contributed by atoms with Gasteiger partial charge in [0.1, 0.15) is 46.1 Å². The number of aliphatic imine (C=N–C) groups is 1. The molecular formula is C44H53FN6O7S2. The summed E-state index contributed by atoms with van der Waals surface area (Å²) in [6.45, 7) is 6.26. The molecule has 2 aromatic carbocycles. The largest absolute Gasteiger partial charge is 0.496 e. The molecule has 3 aromatic rings. The first-order valence-corrected chi connectivity index (χ1v) is 23.5. The lowest BCUT2D eigenvalue weighted by Gasteiger charge is -2.30. The zero-order chi connectivity index (χ0) is 42.3. The van der Waals surface area contributed by atoms with E-state index in [0.717, 1.165) is 34.6 Å². The summed E-state index contributed by atoms with van der Waals surface area (Å²) < 4.78 is 55.1. The average Bonchev–Trinajstić information content (AvgIpc) is 4.09. The molecule has 5 aliphatic rings. The van der Waals surface area contributed by atoms with Crippen LogP contribution in [0.25, 0.3) is 10.9 Å². The summed E-state index contributed by atoms with van der Waals surface area (Å²) in [6, 6.07) is 9.82. The molecule has 4 heterocycles. The third-order valence-corrected chi connectivity index (χ3v) is 15.2. The average molecular weight is 861 g/mol. The van der Waals surface area contributed by atoms with E-state index in [2.05, 4.69) is 29.2 Å². The van der Waals surface area contributed by atoms with Gasteiger partial charge in [0.25, 0.3) is 5.91 Å². The Bertz CT molecular complexity index is 2350. The Kier molecular flexibility index (Phi) is 11.9. The van der Waals surface area contributed by atoms with Crippen LogP contribution in [0.15, 0.2) is 59.6 Å². The second-order valence-corrected chi connectivity index (χ2v) is 20.0. The predicted molar refractivity (Wildman–Crippen MR) is 230 cm³/mol. The van der Waals surface area contributed by atoms with Gasteiger partial charge in [-0.3, -0.25) is 24.1 Å². The quantitative estimate of drug-likeness (QED) is 0.205. The number of methoxy groups -OCH3 is 1. The van der Waals surface area contributed by atoms with Gasteiger partial charge in [0.15, 0.2) is 0 Å². The van der Waals surface area contributed by atoms with E-state index in [4.69, 9.17) is 19.5 Å². The first-order valence-electron chi connectivity index (χ1n) is 21.0. The number of carbonyl (C=O) groups is 3. The van der Waals surface area contributed by atoms with E-state index < -0.39 is 62.5 Å². The minimum absolute atomic E-state index is 0.0379. The van der Waals surface area contributed by atoms with Crippen molar-refractivity contribution in [1.29, 1.82) is 0 Å². The van der Waals surface area contributed by atoms with E-state index >= 15 is 0 Å². The molecule has 6 atom stereocenters. The molecule has 0 bridgehead atoms. The number of sulfonamides is 1. The van der Waals surface area contributed by atoms with Gasteiger partial charge in [0.2, 0.25) is 21.8 Å². The first kappa shape index (κ1) is 42.0. The second kappa shape index (κ2) is 17.0. The predicted octanol–water partition coefficient (Wildman–Crippen LogP) is 6.04. The molecule has 8 rings (SSSR count). The van der Waals surface area contributed by atoms with E-state index in [1.54, 1.807) is 31.0 Å². The molecule has 13 nitrogen and oxygen atoms in total. The van der Waals surface area contributed by atoms with Gasteiger partial charge in [-0.25, -0.2) is 17.8 Å². The summed E-state index contributed by atoms with van der Waals surface area (Å²) in [6.07, 6.45) is 7.93. The molecule has 0 radical (unpaired) electrons. The first-order chi connectivity index (χ1) is 28.8. The normalized spacial score (nSPS) is 27.9. The Hall–Kier alpha value is -4.70. The zero-order valence-corrected chi connectivity index (χ0v) is 36.0. The van der Waals surface area contributed by atoms with Crippen molar-refractivity contribution < 1.29 is 36.7 Å². The Balaban J connectivity index is 1.15. The number of hydrogen-bond donors (Lipinski definition) is 3. The Labute approximate surface area is 354 Å². The van der Waals surface area contributed by atoms with Crippen LogP contribution in [0.2, 0.25) is 0 Å². The third-order valence-electron chi connectivity index (χ3n) is 12.3. The summed E-state index contributed by atoms with van der Waals surface area (Å²) in [4.78, 5) is 54.9.